The average Bonchev–Trinajstić information content (AvgIpc) is 3.44. The van der Waals surface area contributed by atoms with Gasteiger partial charge in [-0.15, -0.1) is 5.10 Å². The van der Waals surface area contributed by atoms with Crippen molar-refractivity contribution in [2.45, 2.75) is 64.3 Å². The van der Waals surface area contributed by atoms with Gasteiger partial charge in [0.15, 0.2) is 0 Å². The number of hydrogen-bond acceptors (Lipinski definition) is 7. The van der Waals surface area contributed by atoms with Crippen LogP contribution in [0.5, 0.6) is 0 Å². The minimum atomic E-state index is -0.745. The maximum absolute atomic E-state index is 13.3. The zero-order valence-electron chi connectivity index (χ0n) is 22.6. The van der Waals surface area contributed by atoms with Crippen LogP contribution in [0.15, 0.2) is 60.8 Å². The van der Waals surface area contributed by atoms with Gasteiger partial charge >= 0.3 is 12.1 Å². The van der Waals surface area contributed by atoms with Crippen molar-refractivity contribution in [3.05, 3.63) is 77.6 Å². The van der Waals surface area contributed by atoms with Crippen LogP contribution in [-0.2, 0) is 22.7 Å². The lowest BCUT2D eigenvalue weighted by Gasteiger charge is -2.18. The number of aliphatic hydroxyl groups is 1. The van der Waals surface area contributed by atoms with Crippen LogP contribution in [0.1, 0.15) is 67.9 Å². The summed E-state index contributed by atoms with van der Waals surface area (Å²) >= 11 is 0. The molecule has 2 aromatic carbocycles. The third kappa shape index (κ3) is 9.70. The minimum absolute atomic E-state index is 0.0987. The number of urea groups is 1. The number of aromatic nitrogens is 3. The average molecular weight is 552 g/mol. The highest BCUT2D eigenvalue weighted by atomic mass is 16.5. The first-order chi connectivity index (χ1) is 19.4. The number of nitrogens with one attached hydrogen (secondary N) is 3. The summed E-state index contributed by atoms with van der Waals surface area (Å²) in [6.07, 6.45) is 4.25. The summed E-state index contributed by atoms with van der Waals surface area (Å²) in [6.45, 7) is 2.38. The maximum atomic E-state index is 13.3. The molecule has 0 fully saturated rings. The predicted octanol–water partition coefficient (Wildman–Crippen LogP) is 3.56. The smallest absolute Gasteiger partial charge is 0.408 e. The fraction of sp³-hybridized carbons (Fsp3) is 0.393. The van der Waals surface area contributed by atoms with E-state index in [0.717, 1.165) is 24.0 Å². The van der Waals surface area contributed by atoms with E-state index in [1.165, 1.54) is 4.68 Å². The second-order valence-corrected chi connectivity index (χ2v) is 9.32. The molecule has 40 heavy (non-hydrogen) atoms. The molecule has 1 aromatic heterocycles. The Morgan fingerprint density at radius 1 is 1.02 bits per heavy atom. The van der Waals surface area contributed by atoms with Gasteiger partial charge in [0.25, 0.3) is 0 Å². The molecule has 3 aromatic rings. The Bertz CT molecular complexity index is 1220. The number of benzene rings is 2. The molecule has 0 aliphatic carbocycles. The topological polar surface area (TPSA) is 173 Å². The number of anilines is 1. The van der Waals surface area contributed by atoms with E-state index in [2.05, 4.69) is 33.2 Å². The number of carbonyl (C=O) groups is 3. The van der Waals surface area contributed by atoms with Crippen LogP contribution in [0.25, 0.3) is 0 Å². The number of ether oxygens (including phenoxy) is 1. The first-order valence-corrected chi connectivity index (χ1v) is 13.3. The molecule has 2 atom stereocenters. The lowest BCUT2D eigenvalue weighted by atomic mass is 10.1. The molecule has 0 saturated carbocycles. The number of unbranched alkanes of at least 4 members (excludes halogenated alkanes) is 1. The van der Waals surface area contributed by atoms with Crippen molar-refractivity contribution < 1.29 is 24.2 Å². The van der Waals surface area contributed by atoms with Crippen LogP contribution in [0.3, 0.4) is 0 Å². The second-order valence-electron chi connectivity index (χ2n) is 9.32. The standard InChI is InChI=1S/C28H37N7O5/c1-2-3-10-23(32-28(39)40-19-21-8-5-4-6-9-21)24-17-35(34-33-24)25(11-7-16-30-27(29)38)26(37)31-22-14-12-20(18-36)13-15-22/h4-6,8-9,12-15,17,23,25,36H,2-3,7,10-11,16,18-19H2,1H3,(H,31,37)(H,32,39)(H3,29,30,38)/t23-,25-/m0/s1. The number of nitrogens with two attached hydrogens (primary N) is 1. The Labute approximate surface area is 233 Å². The summed E-state index contributed by atoms with van der Waals surface area (Å²) in [5.41, 5.74) is 7.82. The molecule has 0 aliphatic rings. The Morgan fingerprint density at radius 2 is 1.77 bits per heavy atom. The summed E-state index contributed by atoms with van der Waals surface area (Å²) in [7, 11) is 0. The van der Waals surface area contributed by atoms with Crippen molar-refractivity contribution in [1.82, 2.24) is 25.6 Å². The number of nitrogens with zero attached hydrogens (tertiary/aromatic N) is 3. The molecule has 3 rings (SSSR count). The van der Waals surface area contributed by atoms with Crippen LogP contribution in [0, 0.1) is 0 Å². The summed E-state index contributed by atoms with van der Waals surface area (Å²) in [4.78, 5) is 36.9. The maximum Gasteiger partial charge on any atom is 0.408 e. The van der Waals surface area contributed by atoms with Crippen LogP contribution < -0.4 is 21.7 Å². The zero-order valence-corrected chi connectivity index (χ0v) is 22.6. The summed E-state index contributed by atoms with van der Waals surface area (Å²) in [6, 6.07) is 14.4. The molecule has 0 saturated heterocycles. The number of amides is 4. The van der Waals surface area contributed by atoms with Gasteiger partial charge in [0.2, 0.25) is 5.91 Å². The number of carbonyl (C=O) groups excluding carboxylic acids is 3. The number of aliphatic hydroxyl groups excluding tert-OH is 1. The SMILES string of the molecule is CCCC[C@H](NC(=O)OCc1ccccc1)c1cn([C@@H](CCCNC(N)=O)C(=O)Nc2ccc(CO)cc2)nn1. The third-order valence-corrected chi connectivity index (χ3v) is 6.22. The van der Waals surface area contributed by atoms with Gasteiger partial charge in [0, 0.05) is 12.2 Å². The molecule has 6 N–H and O–H groups in total. The summed E-state index contributed by atoms with van der Waals surface area (Å²) < 4.78 is 6.86. The molecule has 12 heteroatoms. The van der Waals surface area contributed by atoms with Crippen molar-refractivity contribution in [3.8, 4) is 0 Å². The Balaban J connectivity index is 1.72. The van der Waals surface area contributed by atoms with Crippen molar-refractivity contribution in [2.75, 3.05) is 11.9 Å². The molecule has 4 amide bonds. The van der Waals surface area contributed by atoms with Gasteiger partial charge in [-0.25, -0.2) is 14.3 Å². The van der Waals surface area contributed by atoms with Crippen molar-refractivity contribution >= 4 is 23.7 Å². The van der Waals surface area contributed by atoms with Crippen LogP contribution in [0.2, 0.25) is 0 Å². The van der Waals surface area contributed by atoms with E-state index in [-0.39, 0.29) is 19.1 Å². The van der Waals surface area contributed by atoms with E-state index in [4.69, 9.17) is 10.5 Å². The predicted molar refractivity (Wildman–Crippen MR) is 149 cm³/mol. The third-order valence-electron chi connectivity index (χ3n) is 6.22. The molecule has 214 valence electrons. The van der Waals surface area contributed by atoms with Crippen molar-refractivity contribution in [3.63, 3.8) is 0 Å². The molecular weight excluding hydrogens is 514 g/mol. The monoisotopic (exact) mass is 551 g/mol. The molecule has 0 spiro atoms. The summed E-state index contributed by atoms with van der Waals surface area (Å²) in [5, 5.41) is 26.0. The quantitative estimate of drug-likeness (QED) is 0.180. The number of primary amides is 1. The zero-order chi connectivity index (χ0) is 28.7. The van der Waals surface area contributed by atoms with Crippen LogP contribution in [0.4, 0.5) is 15.3 Å². The number of hydrogen-bond donors (Lipinski definition) is 5. The Kier molecular flexibility index (Phi) is 11.9. The number of rotatable bonds is 15. The van der Waals surface area contributed by atoms with Gasteiger partial charge in [-0.3, -0.25) is 4.79 Å². The highest BCUT2D eigenvalue weighted by Gasteiger charge is 2.25. The number of alkyl carbamates (subject to hydrolysis) is 1. The van der Waals surface area contributed by atoms with E-state index in [1.54, 1.807) is 30.5 Å². The molecule has 0 bridgehead atoms. The van der Waals surface area contributed by atoms with E-state index in [9.17, 15) is 19.5 Å². The van der Waals surface area contributed by atoms with Crippen LogP contribution in [-0.4, -0.2) is 44.7 Å². The lowest BCUT2D eigenvalue weighted by molar-refractivity contribution is -0.119. The fourth-order valence-electron chi connectivity index (χ4n) is 4.02. The normalized spacial score (nSPS) is 12.2. The van der Waals surface area contributed by atoms with Crippen LogP contribution >= 0.6 is 0 Å². The first-order valence-electron chi connectivity index (χ1n) is 13.3. The van der Waals surface area contributed by atoms with E-state index in [0.29, 0.717) is 37.2 Å². The van der Waals surface area contributed by atoms with Gasteiger partial charge in [-0.05, 0) is 42.5 Å². The molecule has 12 nitrogen and oxygen atoms in total. The first kappa shape index (κ1) is 30.1. The molecule has 1 heterocycles. The van der Waals surface area contributed by atoms with E-state index >= 15 is 0 Å². The largest absolute Gasteiger partial charge is 0.445 e. The lowest BCUT2D eigenvalue weighted by Crippen LogP contribution is -2.32. The summed E-state index contributed by atoms with van der Waals surface area (Å²) in [5.74, 6) is -0.326. The molecule has 0 aliphatic heterocycles. The van der Waals surface area contributed by atoms with Gasteiger partial charge < -0.3 is 31.5 Å². The fourth-order valence-corrected chi connectivity index (χ4v) is 4.02. The van der Waals surface area contributed by atoms with Gasteiger partial charge in [-0.2, -0.15) is 0 Å². The van der Waals surface area contributed by atoms with E-state index in [1.807, 2.05) is 30.3 Å². The van der Waals surface area contributed by atoms with Crippen molar-refractivity contribution in [2.24, 2.45) is 5.73 Å². The highest BCUT2D eigenvalue weighted by Crippen LogP contribution is 2.22. The second kappa shape index (κ2) is 15.8. The van der Waals surface area contributed by atoms with Crippen molar-refractivity contribution in [1.29, 1.82) is 0 Å². The Hall–Kier alpha value is -4.45. The van der Waals surface area contributed by atoms with Gasteiger partial charge in [-0.1, -0.05) is 67.4 Å². The minimum Gasteiger partial charge on any atom is -0.445 e. The van der Waals surface area contributed by atoms with Gasteiger partial charge in [0.05, 0.1) is 18.8 Å². The molecule has 0 unspecified atom stereocenters. The molecule has 0 radical (unpaired) electrons. The highest BCUT2D eigenvalue weighted by molar-refractivity contribution is 5.93. The molecular formula is C28H37N7O5. The van der Waals surface area contributed by atoms with E-state index < -0.39 is 24.2 Å². The van der Waals surface area contributed by atoms with Gasteiger partial charge in [0.1, 0.15) is 18.3 Å². The Morgan fingerprint density at radius 3 is 2.45 bits per heavy atom.